The van der Waals surface area contributed by atoms with Gasteiger partial charge in [0, 0.05) is 10.9 Å². The van der Waals surface area contributed by atoms with Crippen LogP contribution in [-0.2, 0) is 16.9 Å². The smallest absolute Gasteiger partial charge is 0.135 e. The fourth-order valence-electron chi connectivity index (χ4n) is 2.69. The lowest BCUT2D eigenvalue weighted by Gasteiger charge is -2.17. The van der Waals surface area contributed by atoms with Crippen molar-refractivity contribution in [3.05, 3.63) is 72.3 Å². The number of aromatic hydroxyl groups is 1. The molecule has 0 heterocycles. The number of rotatable bonds is 7. The molecular formula is C20H20O4S. The lowest BCUT2D eigenvalue weighted by Crippen LogP contribution is -2.27. The first kappa shape index (κ1) is 17.6. The van der Waals surface area contributed by atoms with E-state index in [2.05, 4.69) is 0 Å². The topological polar surface area (TPSA) is 72.8 Å². The van der Waals surface area contributed by atoms with Gasteiger partial charge in [0.2, 0.25) is 0 Å². The van der Waals surface area contributed by atoms with Crippen LogP contribution in [-0.4, -0.2) is 33.2 Å². The first-order valence-corrected chi connectivity index (χ1v) is 9.53. The Kier molecular flexibility index (Phi) is 5.81. The molecule has 3 rings (SSSR count). The van der Waals surface area contributed by atoms with Gasteiger partial charge in [0.25, 0.3) is 0 Å². The molecule has 0 amide bonds. The molecule has 3 aromatic carbocycles. The van der Waals surface area contributed by atoms with E-state index in [9.17, 15) is 14.8 Å². The van der Waals surface area contributed by atoms with Gasteiger partial charge in [-0.3, -0.25) is 0 Å². The molecule has 0 radical (unpaired) electrons. The largest absolute Gasteiger partial charge is 0.616 e. The lowest BCUT2D eigenvalue weighted by molar-refractivity contribution is 0.125. The molecule has 0 fully saturated rings. The Morgan fingerprint density at radius 1 is 0.920 bits per heavy atom. The summed E-state index contributed by atoms with van der Waals surface area (Å²) >= 11 is -1.23. The van der Waals surface area contributed by atoms with Gasteiger partial charge in [0.05, 0.1) is 0 Å². The summed E-state index contributed by atoms with van der Waals surface area (Å²) in [6.45, 7) is 0.103. The molecule has 0 saturated heterocycles. The van der Waals surface area contributed by atoms with E-state index < -0.39 is 17.3 Å². The molecule has 25 heavy (non-hydrogen) atoms. The van der Waals surface area contributed by atoms with Crippen LogP contribution < -0.4 is 4.74 Å². The van der Waals surface area contributed by atoms with E-state index in [0.717, 1.165) is 16.3 Å². The zero-order chi connectivity index (χ0) is 17.6. The van der Waals surface area contributed by atoms with E-state index in [4.69, 9.17) is 4.74 Å². The Morgan fingerprint density at radius 3 is 2.44 bits per heavy atom. The molecule has 2 atom stereocenters. The number of aliphatic hydroxyl groups is 1. The van der Waals surface area contributed by atoms with Crippen molar-refractivity contribution in [2.75, 3.05) is 12.4 Å². The van der Waals surface area contributed by atoms with Crippen LogP contribution in [0.25, 0.3) is 10.8 Å². The number of phenolic OH excluding ortho intramolecular Hbond substituents is 1. The number of benzene rings is 3. The molecule has 0 aliphatic carbocycles. The molecule has 0 spiro atoms. The van der Waals surface area contributed by atoms with Gasteiger partial charge < -0.3 is 19.5 Å². The molecular weight excluding hydrogens is 336 g/mol. The first-order chi connectivity index (χ1) is 12.1. The van der Waals surface area contributed by atoms with Gasteiger partial charge >= 0.3 is 0 Å². The van der Waals surface area contributed by atoms with E-state index in [1.807, 2.05) is 54.6 Å². The summed E-state index contributed by atoms with van der Waals surface area (Å²) in [6.07, 6.45) is -0.801. The van der Waals surface area contributed by atoms with E-state index >= 15 is 0 Å². The second-order valence-corrected chi connectivity index (χ2v) is 7.32. The zero-order valence-electron chi connectivity index (χ0n) is 13.7. The predicted molar refractivity (Wildman–Crippen MR) is 100 cm³/mol. The molecule has 0 bridgehead atoms. The summed E-state index contributed by atoms with van der Waals surface area (Å²) in [5.74, 6) is 1.35. The maximum Gasteiger partial charge on any atom is 0.135 e. The van der Waals surface area contributed by atoms with Crippen molar-refractivity contribution in [3.8, 4) is 11.5 Å². The van der Waals surface area contributed by atoms with Crippen LogP contribution in [0.4, 0.5) is 0 Å². The number of aliphatic hydroxyl groups excluding tert-OH is 1. The maximum absolute atomic E-state index is 12.4. The van der Waals surface area contributed by atoms with Crippen LogP contribution in [0.15, 0.2) is 66.7 Å². The molecule has 0 saturated carbocycles. The second-order valence-electron chi connectivity index (χ2n) is 5.82. The minimum Gasteiger partial charge on any atom is -0.616 e. The average molecular weight is 356 g/mol. The maximum atomic E-state index is 12.4. The van der Waals surface area contributed by atoms with Gasteiger partial charge in [-0.15, -0.1) is 0 Å². The van der Waals surface area contributed by atoms with E-state index in [1.165, 1.54) is 0 Å². The lowest BCUT2D eigenvalue weighted by atomic mass is 10.1. The molecule has 0 aromatic heterocycles. The van der Waals surface area contributed by atoms with Gasteiger partial charge in [-0.2, -0.15) is 0 Å². The Hall–Kier alpha value is -2.21. The third-order valence-electron chi connectivity index (χ3n) is 3.87. The highest BCUT2D eigenvalue weighted by Gasteiger charge is 2.17. The summed E-state index contributed by atoms with van der Waals surface area (Å²) in [6, 6.07) is 20.1. The zero-order valence-corrected chi connectivity index (χ0v) is 14.5. The summed E-state index contributed by atoms with van der Waals surface area (Å²) in [4.78, 5) is 0. The molecule has 0 aliphatic rings. The molecule has 130 valence electrons. The van der Waals surface area contributed by atoms with Crippen molar-refractivity contribution in [1.82, 2.24) is 0 Å². The van der Waals surface area contributed by atoms with Gasteiger partial charge in [-0.25, -0.2) is 0 Å². The SMILES string of the molecule is [O-][S+](Cc1cccc2c(O)cccc12)CC(O)COc1ccccc1. The molecule has 5 heteroatoms. The Bertz CT molecular complexity index is 822. The van der Waals surface area contributed by atoms with Crippen molar-refractivity contribution in [2.45, 2.75) is 11.9 Å². The minimum absolute atomic E-state index is 0.103. The number of hydrogen-bond acceptors (Lipinski definition) is 4. The van der Waals surface area contributed by atoms with Crippen LogP contribution in [0.5, 0.6) is 11.5 Å². The van der Waals surface area contributed by atoms with Crippen molar-refractivity contribution < 1.29 is 19.5 Å². The summed E-state index contributed by atoms with van der Waals surface area (Å²) in [5, 5.41) is 21.6. The summed E-state index contributed by atoms with van der Waals surface area (Å²) in [7, 11) is 0. The number of fused-ring (bicyclic) bond motifs is 1. The number of phenols is 1. The van der Waals surface area contributed by atoms with Gasteiger partial charge in [0.1, 0.15) is 35.7 Å². The average Bonchev–Trinajstić information content (AvgIpc) is 2.62. The van der Waals surface area contributed by atoms with Crippen molar-refractivity contribution >= 4 is 21.9 Å². The monoisotopic (exact) mass is 356 g/mol. The molecule has 2 N–H and O–H groups in total. The van der Waals surface area contributed by atoms with Crippen molar-refractivity contribution in [2.24, 2.45) is 0 Å². The van der Waals surface area contributed by atoms with Crippen LogP contribution in [0.1, 0.15) is 5.56 Å². The van der Waals surface area contributed by atoms with Crippen LogP contribution >= 0.6 is 0 Å². The van der Waals surface area contributed by atoms with Gasteiger partial charge in [-0.1, -0.05) is 48.5 Å². The molecule has 2 unspecified atom stereocenters. The van der Waals surface area contributed by atoms with E-state index in [-0.39, 0.29) is 18.1 Å². The standard InChI is InChI=1S/C20H20O4S/c21-16(12-24-17-7-2-1-3-8-17)14-25(23)13-15-6-4-10-19-18(15)9-5-11-20(19)22/h1-11,16,21-22H,12-14H2. The van der Waals surface area contributed by atoms with Crippen LogP contribution in [0, 0.1) is 0 Å². The van der Waals surface area contributed by atoms with Crippen molar-refractivity contribution in [1.29, 1.82) is 0 Å². The Balaban J connectivity index is 1.59. The van der Waals surface area contributed by atoms with E-state index in [0.29, 0.717) is 11.5 Å². The Morgan fingerprint density at radius 2 is 1.64 bits per heavy atom. The van der Waals surface area contributed by atoms with Gasteiger partial charge in [-0.05, 0) is 34.8 Å². The predicted octanol–water partition coefficient (Wildman–Crippen LogP) is 3.23. The Labute approximate surface area is 149 Å². The summed E-state index contributed by atoms with van der Waals surface area (Å²) in [5.41, 5.74) is 0.892. The molecule has 0 aliphatic heterocycles. The minimum atomic E-state index is -1.23. The second kappa shape index (κ2) is 8.25. The highest BCUT2D eigenvalue weighted by atomic mass is 32.2. The quantitative estimate of drug-likeness (QED) is 0.638. The molecule has 3 aromatic rings. The third kappa shape index (κ3) is 4.66. The number of hydrogen-bond donors (Lipinski definition) is 2. The third-order valence-corrected chi connectivity index (χ3v) is 5.26. The summed E-state index contributed by atoms with van der Waals surface area (Å²) < 4.78 is 17.9. The van der Waals surface area contributed by atoms with Crippen LogP contribution in [0.2, 0.25) is 0 Å². The fourth-order valence-corrected chi connectivity index (χ4v) is 3.93. The number of para-hydroxylation sites is 1. The van der Waals surface area contributed by atoms with Crippen LogP contribution in [0.3, 0.4) is 0 Å². The first-order valence-electron chi connectivity index (χ1n) is 8.04. The molecule has 4 nitrogen and oxygen atoms in total. The van der Waals surface area contributed by atoms with Gasteiger partial charge in [0.15, 0.2) is 0 Å². The van der Waals surface area contributed by atoms with Crippen molar-refractivity contribution in [3.63, 3.8) is 0 Å². The number of ether oxygens (including phenoxy) is 1. The highest BCUT2D eigenvalue weighted by molar-refractivity contribution is 7.90. The fraction of sp³-hybridized carbons (Fsp3) is 0.200. The normalized spacial score (nSPS) is 13.5. The van der Waals surface area contributed by atoms with E-state index in [1.54, 1.807) is 12.1 Å². The highest BCUT2D eigenvalue weighted by Crippen LogP contribution is 2.28.